The van der Waals surface area contributed by atoms with E-state index in [1.165, 1.54) is 33.0 Å². The van der Waals surface area contributed by atoms with Crippen molar-refractivity contribution in [3.05, 3.63) is 43.7 Å². The van der Waals surface area contributed by atoms with Gasteiger partial charge in [0.25, 0.3) is 0 Å². The van der Waals surface area contributed by atoms with Gasteiger partial charge in [-0.15, -0.1) is 21.6 Å². The van der Waals surface area contributed by atoms with Crippen molar-refractivity contribution >= 4 is 21.6 Å². The molecule has 2 atom stereocenters. The third-order valence-corrected chi connectivity index (χ3v) is 14.8. The van der Waals surface area contributed by atoms with Gasteiger partial charge in [-0.1, -0.05) is 69.2 Å². The number of rotatable bonds is 4. The molecule has 2 aliphatic heterocycles. The van der Waals surface area contributed by atoms with E-state index >= 15 is 0 Å². The summed E-state index contributed by atoms with van der Waals surface area (Å²) in [7, 11) is -1.36. The van der Waals surface area contributed by atoms with Crippen LogP contribution in [0.25, 0.3) is 0 Å². The number of nitrogens with zero attached hydrogens (tertiary/aromatic N) is 2. The van der Waals surface area contributed by atoms with Gasteiger partial charge in [0.2, 0.25) is 0 Å². The molecule has 4 heterocycles. The van der Waals surface area contributed by atoms with Gasteiger partial charge in [-0.25, -0.2) is 4.98 Å². The van der Waals surface area contributed by atoms with Crippen LogP contribution in [0, 0.1) is 12.3 Å². The van der Waals surface area contributed by atoms with E-state index in [0.717, 1.165) is 36.4 Å². The van der Waals surface area contributed by atoms with Gasteiger partial charge < -0.3 is 13.7 Å². The molecule has 1 fully saturated rings. The lowest BCUT2D eigenvalue weighted by atomic mass is 9.70. The predicted octanol–water partition coefficient (Wildman–Crippen LogP) is 9.20. The van der Waals surface area contributed by atoms with Crippen LogP contribution in [-0.2, 0) is 31.1 Å². The topological polar surface area (TPSA) is 53.5 Å². The standard InChI is InChI=1S/C34H54N2O3S2/c1-20(2)27-25-26(24-22(36-27)18-33(10,11)19-23(24)39-41(12,13)32(7,8)9)34(14-16-37-17-15-34)38-28(25)30-35-21(3)29(40-30)31(4,5)6/h20,23,28H,14-19H2,1-13H3. The highest BCUT2D eigenvalue weighted by Crippen LogP contribution is 2.63. The molecule has 1 saturated heterocycles. The van der Waals surface area contributed by atoms with Gasteiger partial charge in [-0.05, 0) is 54.6 Å². The Kier molecular flexibility index (Phi) is 7.89. The smallest absolute Gasteiger partial charge is 0.137 e. The Morgan fingerprint density at radius 3 is 2.17 bits per heavy atom. The summed E-state index contributed by atoms with van der Waals surface area (Å²) in [4.78, 5) is 12.1. The molecule has 2 unspecified atom stereocenters. The summed E-state index contributed by atoms with van der Waals surface area (Å²) in [5, 5.41) is 1.06. The Balaban J connectivity index is 1.79. The van der Waals surface area contributed by atoms with Gasteiger partial charge in [0.1, 0.15) is 11.1 Å². The van der Waals surface area contributed by atoms with Crippen LogP contribution in [0.1, 0.15) is 150 Å². The van der Waals surface area contributed by atoms with E-state index in [2.05, 4.69) is 88.7 Å². The Morgan fingerprint density at radius 1 is 1.00 bits per heavy atom. The molecule has 0 aromatic carbocycles. The number of pyridine rings is 1. The Morgan fingerprint density at radius 2 is 1.63 bits per heavy atom. The first-order valence-electron chi connectivity index (χ1n) is 15.5. The highest BCUT2D eigenvalue weighted by atomic mass is 32.3. The average molecular weight is 603 g/mol. The molecule has 2 aromatic heterocycles. The second-order valence-corrected chi connectivity index (χ2v) is 21.0. The molecule has 41 heavy (non-hydrogen) atoms. The molecule has 0 saturated carbocycles. The first-order valence-corrected chi connectivity index (χ1v) is 18.7. The van der Waals surface area contributed by atoms with Crippen LogP contribution in [0.4, 0.5) is 0 Å². The molecular formula is C34H54N2O3S2. The zero-order valence-electron chi connectivity index (χ0n) is 27.9. The molecule has 0 amide bonds. The highest BCUT2D eigenvalue weighted by Gasteiger charge is 2.54. The molecule has 7 heteroatoms. The fourth-order valence-electron chi connectivity index (χ4n) is 6.82. The number of aryl methyl sites for hydroxylation is 1. The maximum absolute atomic E-state index is 7.36. The molecule has 5 rings (SSSR count). The van der Waals surface area contributed by atoms with E-state index in [-0.39, 0.29) is 33.7 Å². The van der Waals surface area contributed by atoms with Crippen LogP contribution in [0.3, 0.4) is 0 Å². The van der Waals surface area contributed by atoms with E-state index in [1.807, 2.05) is 11.3 Å². The lowest BCUT2D eigenvalue weighted by molar-refractivity contribution is -0.122. The van der Waals surface area contributed by atoms with Crippen LogP contribution in [-0.4, -0.2) is 40.4 Å². The van der Waals surface area contributed by atoms with Crippen molar-refractivity contribution < 1.29 is 13.7 Å². The Bertz CT molecular complexity index is 1310. The molecule has 1 spiro atoms. The predicted molar refractivity (Wildman–Crippen MR) is 174 cm³/mol. The van der Waals surface area contributed by atoms with Crippen molar-refractivity contribution in [2.24, 2.45) is 5.41 Å². The zero-order valence-corrected chi connectivity index (χ0v) is 29.5. The maximum Gasteiger partial charge on any atom is 0.137 e. The number of fused-ring (bicyclic) bond motifs is 4. The lowest BCUT2D eigenvalue weighted by Crippen LogP contribution is -2.38. The molecule has 0 radical (unpaired) electrons. The van der Waals surface area contributed by atoms with Crippen molar-refractivity contribution in [3.8, 4) is 0 Å². The van der Waals surface area contributed by atoms with E-state index in [9.17, 15) is 0 Å². The fourth-order valence-corrected chi connectivity index (χ4v) is 9.02. The molecule has 230 valence electrons. The minimum absolute atomic E-state index is 0.00863. The SMILES string of the molecule is Cc1nc(C2OC3(CCOCC3)c3c4c(nc(C(C)C)c32)CC(C)(C)CC4OS(C)(C)C(C)(C)C)sc1C(C)(C)C. The van der Waals surface area contributed by atoms with Gasteiger partial charge >= 0.3 is 0 Å². The largest absolute Gasteiger partial charge is 0.381 e. The summed E-state index contributed by atoms with van der Waals surface area (Å²) in [5.74, 6) is 0.277. The van der Waals surface area contributed by atoms with Gasteiger partial charge in [0.15, 0.2) is 0 Å². The monoisotopic (exact) mass is 602 g/mol. The van der Waals surface area contributed by atoms with Crippen molar-refractivity contribution in [1.29, 1.82) is 0 Å². The van der Waals surface area contributed by atoms with Gasteiger partial charge in [-0.3, -0.25) is 4.98 Å². The molecule has 2 aromatic rings. The number of hydrogen-bond donors (Lipinski definition) is 0. The van der Waals surface area contributed by atoms with E-state index in [0.29, 0.717) is 13.2 Å². The van der Waals surface area contributed by atoms with Crippen molar-refractivity contribution in [1.82, 2.24) is 9.97 Å². The Hall–Kier alpha value is -0.990. The summed E-state index contributed by atoms with van der Waals surface area (Å²) in [5.41, 5.74) is 7.22. The third kappa shape index (κ3) is 5.56. The summed E-state index contributed by atoms with van der Waals surface area (Å²) in [6.45, 7) is 26.7. The third-order valence-electron chi connectivity index (χ3n) is 9.55. The van der Waals surface area contributed by atoms with Crippen LogP contribution >= 0.6 is 21.6 Å². The molecule has 0 bridgehead atoms. The number of ether oxygens (including phenoxy) is 2. The van der Waals surface area contributed by atoms with E-state index in [4.69, 9.17) is 23.6 Å². The van der Waals surface area contributed by atoms with Crippen LogP contribution < -0.4 is 0 Å². The summed E-state index contributed by atoms with van der Waals surface area (Å²) >= 11 is 1.82. The van der Waals surface area contributed by atoms with Gasteiger partial charge in [-0.2, -0.15) is 0 Å². The Labute approximate surface area is 255 Å². The quantitative estimate of drug-likeness (QED) is 0.349. The zero-order chi connectivity index (χ0) is 30.3. The molecule has 5 nitrogen and oxygen atoms in total. The van der Waals surface area contributed by atoms with Crippen LogP contribution in [0.5, 0.6) is 0 Å². The second-order valence-electron chi connectivity index (χ2n) is 16.1. The molecular weight excluding hydrogens is 549 g/mol. The molecule has 0 N–H and O–H groups in total. The van der Waals surface area contributed by atoms with Crippen LogP contribution in [0.2, 0.25) is 0 Å². The summed E-state index contributed by atoms with van der Waals surface area (Å²) in [6.07, 6.45) is 8.10. The normalized spacial score (nSPS) is 24.5. The first-order chi connectivity index (χ1) is 18.8. The van der Waals surface area contributed by atoms with Gasteiger partial charge in [0, 0.05) is 58.2 Å². The summed E-state index contributed by atoms with van der Waals surface area (Å²) < 4.78 is 20.7. The number of aromatic nitrogens is 2. The maximum atomic E-state index is 7.36. The second kappa shape index (κ2) is 10.3. The first kappa shape index (κ1) is 31.4. The number of thiazole rings is 1. The van der Waals surface area contributed by atoms with Crippen molar-refractivity contribution in [3.63, 3.8) is 0 Å². The average Bonchev–Trinajstić information content (AvgIpc) is 3.36. The minimum Gasteiger partial charge on any atom is -0.381 e. The molecule has 1 aliphatic carbocycles. The van der Waals surface area contributed by atoms with E-state index < -0.39 is 15.9 Å². The van der Waals surface area contributed by atoms with E-state index in [1.54, 1.807) is 0 Å². The van der Waals surface area contributed by atoms with Crippen molar-refractivity contribution in [2.75, 3.05) is 25.7 Å². The minimum atomic E-state index is -1.36. The van der Waals surface area contributed by atoms with Crippen molar-refractivity contribution in [2.45, 2.75) is 136 Å². The van der Waals surface area contributed by atoms with Gasteiger partial charge in [0.05, 0.1) is 17.4 Å². The number of hydrogen-bond acceptors (Lipinski definition) is 6. The lowest BCUT2D eigenvalue weighted by Gasteiger charge is -2.49. The van der Waals surface area contributed by atoms with Crippen LogP contribution in [0.15, 0.2) is 0 Å². The fraction of sp³-hybridized carbons (Fsp3) is 0.765. The highest BCUT2D eigenvalue weighted by molar-refractivity contribution is 8.29. The molecule has 3 aliphatic rings. The summed E-state index contributed by atoms with van der Waals surface area (Å²) in [6, 6.07) is 0.